The second-order valence-corrected chi connectivity index (χ2v) is 9.06. The van der Waals surface area contributed by atoms with Gasteiger partial charge < -0.3 is 10.1 Å². The molecule has 5 nitrogen and oxygen atoms in total. The minimum Gasteiger partial charge on any atom is -0.487 e. The number of piperidine rings is 1. The average molecular weight is 367 g/mol. The molecule has 130 valence electrons. The highest BCUT2D eigenvalue weighted by atomic mass is 32.2. The molecule has 1 aromatic heterocycles. The lowest BCUT2D eigenvalue weighted by atomic mass is 9.99. The van der Waals surface area contributed by atoms with Crippen LogP contribution in [0.25, 0.3) is 0 Å². The van der Waals surface area contributed by atoms with E-state index >= 15 is 0 Å². The lowest BCUT2D eigenvalue weighted by molar-refractivity contribution is 0.301. The molecule has 1 aromatic carbocycles. The summed E-state index contributed by atoms with van der Waals surface area (Å²) in [5.41, 5.74) is 1.63. The van der Waals surface area contributed by atoms with Gasteiger partial charge in [0.25, 0.3) is 0 Å². The maximum Gasteiger partial charge on any atom is 0.175 e. The van der Waals surface area contributed by atoms with E-state index in [0.29, 0.717) is 28.7 Å². The summed E-state index contributed by atoms with van der Waals surface area (Å²) in [5.74, 6) is 1.22. The fourth-order valence-electron chi connectivity index (χ4n) is 2.93. The Balaban J connectivity index is 1.64. The van der Waals surface area contributed by atoms with Gasteiger partial charge >= 0.3 is 0 Å². The molecule has 0 bridgehead atoms. The minimum atomic E-state index is -3.20. The van der Waals surface area contributed by atoms with Gasteiger partial charge in [-0.2, -0.15) is 0 Å². The molecule has 7 heteroatoms. The van der Waals surface area contributed by atoms with Crippen molar-refractivity contribution in [1.82, 2.24) is 10.3 Å². The molecule has 0 aliphatic carbocycles. The van der Waals surface area contributed by atoms with Gasteiger partial charge in [-0.15, -0.1) is 11.3 Å². The van der Waals surface area contributed by atoms with Crippen molar-refractivity contribution >= 4 is 21.2 Å². The van der Waals surface area contributed by atoms with Crippen LogP contribution < -0.4 is 10.1 Å². The Morgan fingerprint density at radius 2 is 2.08 bits per heavy atom. The topological polar surface area (TPSA) is 68.3 Å². The van der Waals surface area contributed by atoms with Crippen LogP contribution in [0.2, 0.25) is 0 Å². The summed E-state index contributed by atoms with van der Waals surface area (Å²) in [6.45, 7) is 4.30. The first-order valence-corrected chi connectivity index (χ1v) is 10.8. The number of sulfone groups is 1. The molecule has 0 amide bonds. The number of nitrogens with zero attached hydrogens (tertiary/aromatic N) is 1. The number of nitrogens with one attached hydrogen (secondary N) is 1. The van der Waals surface area contributed by atoms with Gasteiger partial charge in [-0.25, -0.2) is 13.4 Å². The summed E-state index contributed by atoms with van der Waals surface area (Å²) >= 11 is 1.70. The molecule has 3 rings (SSSR count). The predicted molar refractivity (Wildman–Crippen MR) is 95.6 cm³/mol. The first-order valence-electron chi connectivity index (χ1n) is 8.02. The highest BCUT2D eigenvalue weighted by Crippen LogP contribution is 2.28. The smallest absolute Gasteiger partial charge is 0.175 e. The van der Waals surface area contributed by atoms with Gasteiger partial charge in [-0.1, -0.05) is 0 Å². The van der Waals surface area contributed by atoms with Gasteiger partial charge in [-0.05, 0) is 56.6 Å². The van der Waals surface area contributed by atoms with E-state index in [2.05, 4.69) is 10.7 Å². The Bertz CT molecular complexity index is 809. The van der Waals surface area contributed by atoms with Gasteiger partial charge in [0.05, 0.1) is 15.6 Å². The highest BCUT2D eigenvalue weighted by molar-refractivity contribution is 7.90. The van der Waals surface area contributed by atoms with E-state index in [4.69, 9.17) is 9.72 Å². The third-order valence-corrected chi connectivity index (χ3v) is 6.50. The molecule has 2 aromatic rings. The van der Waals surface area contributed by atoms with Crippen molar-refractivity contribution in [3.63, 3.8) is 0 Å². The maximum absolute atomic E-state index is 11.6. The van der Waals surface area contributed by atoms with Crippen LogP contribution in [0.4, 0.5) is 0 Å². The molecule has 0 atom stereocenters. The van der Waals surface area contributed by atoms with Crippen LogP contribution in [0.15, 0.2) is 28.5 Å². The Labute approximate surface area is 147 Å². The van der Waals surface area contributed by atoms with E-state index in [9.17, 15) is 8.42 Å². The molecule has 24 heavy (non-hydrogen) atoms. The van der Waals surface area contributed by atoms with Crippen molar-refractivity contribution in [2.24, 2.45) is 0 Å². The van der Waals surface area contributed by atoms with Crippen molar-refractivity contribution < 1.29 is 13.2 Å². The molecule has 1 N–H and O–H groups in total. The van der Waals surface area contributed by atoms with Crippen LogP contribution in [-0.4, -0.2) is 32.7 Å². The second kappa shape index (κ2) is 7.21. The minimum absolute atomic E-state index is 0.344. The zero-order chi connectivity index (χ0) is 17.2. The molecule has 0 saturated carbocycles. The fourth-order valence-corrected chi connectivity index (χ4v) is 4.86. The third-order valence-electron chi connectivity index (χ3n) is 4.19. The summed E-state index contributed by atoms with van der Waals surface area (Å²) in [5, 5.41) is 6.61. The average Bonchev–Trinajstić information content (AvgIpc) is 3.01. The van der Waals surface area contributed by atoms with Gasteiger partial charge in [0, 0.05) is 17.6 Å². The monoisotopic (exact) mass is 366 g/mol. The van der Waals surface area contributed by atoms with Crippen molar-refractivity contribution in [1.29, 1.82) is 0 Å². The van der Waals surface area contributed by atoms with Crippen LogP contribution in [0.3, 0.4) is 0 Å². The van der Waals surface area contributed by atoms with E-state index in [1.807, 2.05) is 0 Å². The van der Waals surface area contributed by atoms with E-state index in [1.54, 1.807) is 36.5 Å². The summed E-state index contributed by atoms with van der Waals surface area (Å²) in [4.78, 5) is 5.04. The summed E-state index contributed by atoms with van der Waals surface area (Å²) in [6, 6.07) is 5.06. The number of aryl methyl sites for hydroxylation is 1. The van der Waals surface area contributed by atoms with Crippen LogP contribution in [-0.2, 0) is 16.4 Å². The Morgan fingerprint density at radius 1 is 1.33 bits per heavy atom. The molecule has 1 fully saturated rings. The van der Waals surface area contributed by atoms with Crippen molar-refractivity contribution in [3.8, 4) is 5.75 Å². The lowest BCUT2D eigenvalue weighted by Crippen LogP contribution is -2.26. The van der Waals surface area contributed by atoms with Gasteiger partial charge in [0.2, 0.25) is 0 Å². The van der Waals surface area contributed by atoms with Crippen molar-refractivity contribution in [2.45, 2.75) is 37.2 Å². The molecule has 0 spiro atoms. The van der Waals surface area contributed by atoms with E-state index in [1.165, 1.54) is 11.3 Å². The van der Waals surface area contributed by atoms with Gasteiger partial charge in [0.1, 0.15) is 12.4 Å². The lowest BCUT2D eigenvalue weighted by Gasteiger charge is -2.20. The fraction of sp³-hybridized carbons (Fsp3) is 0.471. The summed E-state index contributed by atoms with van der Waals surface area (Å²) < 4.78 is 29.1. The zero-order valence-corrected chi connectivity index (χ0v) is 15.5. The molecule has 1 aliphatic rings. The first kappa shape index (κ1) is 17.4. The van der Waals surface area contributed by atoms with Crippen LogP contribution >= 0.6 is 11.3 Å². The number of thiazole rings is 1. The number of hydrogen-bond donors (Lipinski definition) is 1. The molecule has 1 saturated heterocycles. The maximum atomic E-state index is 11.6. The van der Waals surface area contributed by atoms with Gasteiger partial charge in [0.15, 0.2) is 9.84 Å². The normalized spacial score (nSPS) is 16.2. The second-order valence-electron chi connectivity index (χ2n) is 6.19. The Hall–Kier alpha value is -1.44. The number of ether oxygens (including phenoxy) is 1. The third kappa shape index (κ3) is 4.15. The van der Waals surface area contributed by atoms with E-state index in [0.717, 1.165) is 31.6 Å². The molecule has 0 unspecified atom stereocenters. The molecule has 0 radical (unpaired) electrons. The van der Waals surface area contributed by atoms with Crippen molar-refractivity contribution in [3.05, 3.63) is 39.8 Å². The van der Waals surface area contributed by atoms with Gasteiger partial charge in [-0.3, -0.25) is 0 Å². The largest absolute Gasteiger partial charge is 0.487 e. The van der Waals surface area contributed by atoms with Crippen LogP contribution in [0.1, 0.15) is 35.0 Å². The standard InChI is InChI=1S/C17H22N2O3S2/c1-12-9-15(3-4-16(12)24(2,20)21)22-10-14-11-23-17(19-14)13-5-7-18-8-6-13/h3-4,9,11,13,18H,5-8,10H2,1-2H3. The molecular weight excluding hydrogens is 344 g/mol. The van der Waals surface area contributed by atoms with Crippen molar-refractivity contribution in [2.75, 3.05) is 19.3 Å². The Morgan fingerprint density at radius 3 is 2.75 bits per heavy atom. The SMILES string of the molecule is Cc1cc(OCc2csc(C3CCNCC3)n2)ccc1S(C)(=O)=O. The predicted octanol–water partition coefficient (Wildman–Crippen LogP) is 2.90. The molecule has 2 heterocycles. The number of hydrogen-bond acceptors (Lipinski definition) is 6. The summed E-state index contributed by atoms with van der Waals surface area (Å²) in [6.07, 6.45) is 3.49. The first-order chi connectivity index (χ1) is 11.4. The molecule has 1 aliphatic heterocycles. The van der Waals surface area contributed by atoms with E-state index in [-0.39, 0.29) is 0 Å². The molecular formula is C17H22N2O3S2. The van der Waals surface area contributed by atoms with Crippen LogP contribution in [0, 0.1) is 6.92 Å². The number of benzene rings is 1. The zero-order valence-electron chi connectivity index (χ0n) is 13.9. The summed E-state index contributed by atoms with van der Waals surface area (Å²) in [7, 11) is -3.20. The Kier molecular flexibility index (Phi) is 5.22. The number of aromatic nitrogens is 1. The number of rotatable bonds is 5. The van der Waals surface area contributed by atoms with E-state index < -0.39 is 9.84 Å². The highest BCUT2D eigenvalue weighted by Gasteiger charge is 2.18. The quantitative estimate of drug-likeness (QED) is 0.881. The van der Waals surface area contributed by atoms with Crippen LogP contribution in [0.5, 0.6) is 5.75 Å².